The molecule has 3 N–H and O–H groups in total. The number of ether oxygens (including phenoxy) is 1. The van der Waals surface area contributed by atoms with Crippen molar-refractivity contribution in [2.75, 3.05) is 11.5 Å². The monoisotopic (exact) mass is 289 g/mol. The molecule has 0 aliphatic carbocycles. The number of aliphatic hydroxyl groups is 1. The molecule has 0 saturated carbocycles. The number of benzene rings is 1. The fourth-order valence-corrected chi connectivity index (χ4v) is 3.63. The Bertz CT molecular complexity index is 573. The molecule has 0 aromatic heterocycles. The molecule has 0 amide bonds. The topological polar surface area (TPSA) is 89.6 Å². The summed E-state index contributed by atoms with van der Waals surface area (Å²) < 4.78 is 41.7. The van der Waals surface area contributed by atoms with Crippen LogP contribution in [-0.2, 0) is 9.84 Å². The number of rotatable bonds is 3. The molecule has 1 aliphatic heterocycles. The molecule has 1 saturated heterocycles. The van der Waals surface area contributed by atoms with Crippen LogP contribution < -0.4 is 10.5 Å². The van der Waals surface area contributed by atoms with Gasteiger partial charge < -0.3 is 15.6 Å². The molecular weight excluding hydrogens is 273 g/mol. The maximum absolute atomic E-state index is 13.8. The van der Waals surface area contributed by atoms with Gasteiger partial charge in [0, 0.05) is 6.04 Å². The van der Waals surface area contributed by atoms with Crippen molar-refractivity contribution < 1.29 is 22.7 Å². The van der Waals surface area contributed by atoms with Crippen molar-refractivity contribution in [2.45, 2.75) is 25.2 Å². The normalized spacial score (nSPS) is 27.2. The summed E-state index contributed by atoms with van der Waals surface area (Å²) in [6.07, 6.45) is -2.06. The summed E-state index contributed by atoms with van der Waals surface area (Å²) in [7, 11) is -3.32. The highest BCUT2D eigenvalue weighted by Gasteiger charge is 2.38. The lowest BCUT2D eigenvalue weighted by atomic mass is 10.1. The quantitative estimate of drug-likeness (QED) is 0.840. The lowest BCUT2D eigenvalue weighted by Gasteiger charge is -2.17. The Morgan fingerprint density at radius 3 is 2.63 bits per heavy atom. The van der Waals surface area contributed by atoms with E-state index in [1.807, 2.05) is 0 Å². The SMILES string of the molecule is CC(N)c1ccc(OC2CS(=O)(=O)CC2O)c(F)c1. The van der Waals surface area contributed by atoms with E-state index in [4.69, 9.17) is 10.5 Å². The van der Waals surface area contributed by atoms with Crippen LogP contribution in [0.5, 0.6) is 5.75 Å². The predicted molar refractivity (Wildman–Crippen MR) is 68.1 cm³/mol. The summed E-state index contributed by atoms with van der Waals surface area (Å²) in [5, 5.41) is 9.57. The van der Waals surface area contributed by atoms with Gasteiger partial charge in [-0.1, -0.05) is 6.07 Å². The fraction of sp³-hybridized carbons (Fsp3) is 0.500. The molecule has 0 bridgehead atoms. The Balaban J connectivity index is 2.16. The third-order valence-corrected chi connectivity index (χ3v) is 4.72. The summed E-state index contributed by atoms with van der Waals surface area (Å²) in [6.45, 7) is 1.72. The van der Waals surface area contributed by atoms with Gasteiger partial charge in [-0.2, -0.15) is 0 Å². The van der Waals surface area contributed by atoms with Crippen LogP contribution in [-0.4, -0.2) is 37.2 Å². The van der Waals surface area contributed by atoms with Crippen molar-refractivity contribution >= 4 is 9.84 Å². The van der Waals surface area contributed by atoms with Crippen LogP contribution in [0.4, 0.5) is 4.39 Å². The summed E-state index contributed by atoms with van der Waals surface area (Å²) in [4.78, 5) is 0. The standard InChI is InChI=1S/C12H16FNO4S/c1-7(14)8-2-3-11(9(13)4-8)18-12-6-19(16,17)5-10(12)15/h2-4,7,10,12,15H,5-6,14H2,1H3. The van der Waals surface area contributed by atoms with Crippen molar-refractivity contribution in [2.24, 2.45) is 5.73 Å². The van der Waals surface area contributed by atoms with Gasteiger partial charge in [-0.05, 0) is 24.6 Å². The van der Waals surface area contributed by atoms with Gasteiger partial charge in [-0.3, -0.25) is 0 Å². The van der Waals surface area contributed by atoms with Crippen LogP contribution in [0.15, 0.2) is 18.2 Å². The number of hydrogen-bond acceptors (Lipinski definition) is 5. The number of aliphatic hydroxyl groups excluding tert-OH is 1. The van der Waals surface area contributed by atoms with Crippen LogP contribution in [0.2, 0.25) is 0 Å². The second-order valence-corrected chi connectivity index (χ2v) is 6.93. The highest BCUT2D eigenvalue weighted by atomic mass is 32.2. The summed E-state index contributed by atoms with van der Waals surface area (Å²) in [5.74, 6) is -1.35. The summed E-state index contributed by atoms with van der Waals surface area (Å²) in [5.41, 5.74) is 6.24. The number of halogens is 1. The molecule has 1 aromatic carbocycles. The van der Waals surface area contributed by atoms with Crippen molar-refractivity contribution in [3.05, 3.63) is 29.6 Å². The van der Waals surface area contributed by atoms with Gasteiger partial charge in [0.2, 0.25) is 0 Å². The molecule has 3 unspecified atom stereocenters. The molecule has 3 atom stereocenters. The van der Waals surface area contributed by atoms with Crippen molar-refractivity contribution in [3.63, 3.8) is 0 Å². The molecule has 7 heteroatoms. The van der Waals surface area contributed by atoms with E-state index in [1.54, 1.807) is 13.0 Å². The third-order valence-electron chi connectivity index (χ3n) is 3.03. The van der Waals surface area contributed by atoms with Gasteiger partial charge in [-0.15, -0.1) is 0 Å². The molecule has 1 heterocycles. The number of hydrogen-bond donors (Lipinski definition) is 2. The Labute approximate surface area is 111 Å². The molecule has 1 aliphatic rings. The molecule has 106 valence electrons. The molecular formula is C12H16FNO4S. The number of sulfone groups is 1. The van der Waals surface area contributed by atoms with Crippen LogP contribution in [0.25, 0.3) is 0 Å². The average Bonchev–Trinajstić information content (AvgIpc) is 2.54. The van der Waals surface area contributed by atoms with E-state index in [0.29, 0.717) is 5.56 Å². The first-order valence-corrected chi connectivity index (χ1v) is 7.71. The zero-order valence-electron chi connectivity index (χ0n) is 10.4. The molecule has 0 spiro atoms. The van der Waals surface area contributed by atoms with Gasteiger partial charge in [0.15, 0.2) is 21.4 Å². The van der Waals surface area contributed by atoms with Gasteiger partial charge in [0.05, 0.1) is 11.5 Å². The van der Waals surface area contributed by atoms with Crippen LogP contribution in [0, 0.1) is 5.82 Å². The zero-order chi connectivity index (χ0) is 14.2. The Morgan fingerprint density at radius 2 is 2.16 bits per heavy atom. The largest absolute Gasteiger partial charge is 0.484 e. The van der Waals surface area contributed by atoms with Crippen molar-refractivity contribution in [1.29, 1.82) is 0 Å². The van der Waals surface area contributed by atoms with E-state index in [-0.39, 0.29) is 23.3 Å². The predicted octanol–water partition coefficient (Wildman–Crippen LogP) is 0.382. The molecule has 1 aromatic rings. The molecule has 1 fully saturated rings. The maximum atomic E-state index is 13.8. The van der Waals surface area contributed by atoms with Crippen LogP contribution in [0.3, 0.4) is 0 Å². The smallest absolute Gasteiger partial charge is 0.165 e. The Morgan fingerprint density at radius 1 is 1.47 bits per heavy atom. The van der Waals surface area contributed by atoms with Gasteiger partial charge >= 0.3 is 0 Å². The first-order valence-electron chi connectivity index (χ1n) is 5.88. The van der Waals surface area contributed by atoms with Gasteiger partial charge in [0.1, 0.15) is 12.2 Å². The minimum absolute atomic E-state index is 0.0782. The van der Waals surface area contributed by atoms with Crippen molar-refractivity contribution in [3.8, 4) is 5.75 Å². The summed E-state index contributed by atoms with van der Waals surface area (Å²) >= 11 is 0. The minimum Gasteiger partial charge on any atom is -0.484 e. The van der Waals surface area contributed by atoms with E-state index in [2.05, 4.69) is 0 Å². The second kappa shape index (κ2) is 5.07. The van der Waals surface area contributed by atoms with E-state index < -0.39 is 27.9 Å². The van der Waals surface area contributed by atoms with E-state index in [1.165, 1.54) is 12.1 Å². The van der Waals surface area contributed by atoms with E-state index in [0.717, 1.165) is 0 Å². The van der Waals surface area contributed by atoms with Crippen LogP contribution in [0.1, 0.15) is 18.5 Å². The highest BCUT2D eigenvalue weighted by molar-refractivity contribution is 7.91. The first kappa shape index (κ1) is 14.2. The van der Waals surface area contributed by atoms with Crippen LogP contribution >= 0.6 is 0 Å². The molecule has 0 radical (unpaired) electrons. The lowest BCUT2D eigenvalue weighted by Crippen LogP contribution is -2.30. The number of nitrogens with two attached hydrogens (primary N) is 1. The van der Waals surface area contributed by atoms with Gasteiger partial charge in [0.25, 0.3) is 0 Å². The maximum Gasteiger partial charge on any atom is 0.165 e. The minimum atomic E-state index is -3.32. The summed E-state index contributed by atoms with van der Waals surface area (Å²) in [6, 6.07) is 3.95. The fourth-order valence-electron chi connectivity index (χ4n) is 1.97. The highest BCUT2D eigenvalue weighted by Crippen LogP contribution is 2.25. The Kier molecular flexibility index (Phi) is 3.80. The Hall–Kier alpha value is -1.18. The molecule has 5 nitrogen and oxygen atoms in total. The van der Waals surface area contributed by atoms with E-state index >= 15 is 0 Å². The zero-order valence-corrected chi connectivity index (χ0v) is 11.2. The first-order chi connectivity index (χ1) is 8.78. The second-order valence-electron chi connectivity index (χ2n) is 4.78. The van der Waals surface area contributed by atoms with E-state index in [9.17, 15) is 17.9 Å². The average molecular weight is 289 g/mol. The lowest BCUT2D eigenvalue weighted by molar-refractivity contribution is 0.0710. The van der Waals surface area contributed by atoms with Gasteiger partial charge in [-0.25, -0.2) is 12.8 Å². The molecule has 19 heavy (non-hydrogen) atoms. The molecule has 2 rings (SSSR count). The third kappa shape index (κ3) is 3.23. The van der Waals surface area contributed by atoms with Crippen molar-refractivity contribution in [1.82, 2.24) is 0 Å².